The van der Waals surface area contributed by atoms with Gasteiger partial charge in [0.25, 0.3) is 11.8 Å². The Kier molecular flexibility index (Phi) is 5.64. The molecule has 1 N–H and O–H groups in total. The summed E-state index contributed by atoms with van der Waals surface area (Å²) < 4.78 is 0. The first kappa shape index (κ1) is 19.2. The van der Waals surface area contributed by atoms with Crippen molar-refractivity contribution in [3.05, 3.63) is 65.2 Å². The zero-order chi connectivity index (χ0) is 19.4. The van der Waals surface area contributed by atoms with Crippen LogP contribution in [0.4, 0.5) is 5.69 Å². The van der Waals surface area contributed by atoms with Crippen molar-refractivity contribution >= 4 is 17.5 Å². The predicted octanol–water partition coefficient (Wildman–Crippen LogP) is 4.86. The van der Waals surface area contributed by atoms with E-state index in [2.05, 4.69) is 26.1 Å². The van der Waals surface area contributed by atoms with Gasteiger partial charge in [-0.05, 0) is 54.5 Å². The van der Waals surface area contributed by atoms with Crippen LogP contribution in [0.5, 0.6) is 0 Å². The number of nitrogens with one attached hydrogen (secondary N) is 1. The van der Waals surface area contributed by atoms with Crippen molar-refractivity contribution in [3.63, 3.8) is 0 Å². The zero-order valence-corrected chi connectivity index (χ0v) is 16.4. The second kappa shape index (κ2) is 7.95. The summed E-state index contributed by atoms with van der Waals surface area (Å²) in [6.45, 7) is 7.96. The summed E-state index contributed by atoms with van der Waals surface area (Å²) in [6.07, 6.45) is 3.28. The maximum atomic E-state index is 12.8. The van der Waals surface area contributed by atoms with Crippen LogP contribution < -0.4 is 5.32 Å². The Hall–Kier alpha value is -2.62. The number of hydrogen-bond acceptors (Lipinski definition) is 2. The number of piperidine rings is 1. The van der Waals surface area contributed by atoms with Gasteiger partial charge in [0.05, 0.1) is 0 Å². The molecule has 2 aromatic rings. The van der Waals surface area contributed by atoms with E-state index in [4.69, 9.17) is 0 Å². The fourth-order valence-electron chi connectivity index (χ4n) is 3.51. The Bertz CT molecular complexity index is 830. The normalized spacial score (nSPS) is 14.7. The summed E-state index contributed by atoms with van der Waals surface area (Å²) in [5.41, 5.74) is 2.90. The maximum Gasteiger partial charge on any atom is 0.255 e. The quantitative estimate of drug-likeness (QED) is 0.845. The Labute approximate surface area is 161 Å². The lowest BCUT2D eigenvalue weighted by molar-refractivity contribution is 0.0724. The van der Waals surface area contributed by atoms with Crippen molar-refractivity contribution in [1.82, 2.24) is 4.90 Å². The van der Waals surface area contributed by atoms with Crippen molar-refractivity contribution in [1.29, 1.82) is 0 Å². The lowest BCUT2D eigenvalue weighted by atomic mass is 9.86. The Morgan fingerprint density at radius 3 is 2.26 bits per heavy atom. The minimum absolute atomic E-state index is 0.0134. The molecule has 142 valence electrons. The fraction of sp³-hybridized carbons (Fsp3) is 0.391. The van der Waals surface area contributed by atoms with Crippen LogP contribution in [0, 0.1) is 0 Å². The number of carbonyl (C=O) groups is 2. The number of anilines is 1. The van der Waals surface area contributed by atoms with Crippen molar-refractivity contribution in [2.24, 2.45) is 0 Å². The average Bonchev–Trinajstić information content (AvgIpc) is 2.68. The highest BCUT2D eigenvalue weighted by Crippen LogP contribution is 2.29. The molecule has 0 atom stereocenters. The van der Waals surface area contributed by atoms with E-state index < -0.39 is 0 Å². The van der Waals surface area contributed by atoms with E-state index in [-0.39, 0.29) is 17.2 Å². The summed E-state index contributed by atoms with van der Waals surface area (Å²) in [6, 6.07) is 14.9. The number of nitrogens with zero attached hydrogens (tertiary/aromatic N) is 1. The third kappa shape index (κ3) is 4.57. The van der Waals surface area contributed by atoms with Crippen LogP contribution in [0.2, 0.25) is 0 Å². The molecule has 0 unspecified atom stereocenters. The lowest BCUT2D eigenvalue weighted by Crippen LogP contribution is -2.35. The molecule has 0 aromatic heterocycles. The van der Waals surface area contributed by atoms with Gasteiger partial charge in [-0.1, -0.05) is 45.0 Å². The van der Waals surface area contributed by atoms with Crippen LogP contribution >= 0.6 is 0 Å². The van der Waals surface area contributed by atoms with Gasteiger partial charge in [0.1, 0.15) is 0 Å². The van der Waals surface area contributed by atoms with Gasteiger partial charge in [0, 0.05) is 29.9 Å². The first-order valence-corrected chi connectivity index (χ1v) is 9.66. The minimum atomic E-state index is -0.194. The molecule has 0 saturated carbocycles. The monoisotopic (exact) mass is 364 g/mol. The molecule has 0 spiro atoms. The summed E-state index contributed by atoms with van der Waals surface area (Å²) in [5.74, 6) is -0.181. The third-order valence-corrected chi connectivity index (χ3v) is 5.00. The van der Waals surface area contributed by atoms with Crippen LogP contribution in [-0.4, -0.2) is 29.8 Å². The van der Waals surface area contributed by atoms with Crippen molar-refractivity contribution in [2.75, 3.05) is 18.4 Å². The SMILES string of the molecule is CC(C)(C)c1ccccc1NC(=O)c1cccc(C(=O)N2CCCCC2)c1. The van der Waals surface area contributed by atoms with Crippen LogP contribution in [0.15, 0.2) is 48.5 Å². The molecule has 1 fully saturated rings. The molecule has 0 radical (unpaired) electrons. The summed E-state index contributed by atoms with van der Waals surface area (Å²) in [4.78, 5) is 27.4. The lowest BCUT2D eigenvalue weighted by Gasteiger charge is -2.26. The molecule has 1 heterocycles. The van der Waals surface area contributed by atoms with Gasteiger partial charge in [0.15, 0.2) is 0 Å². The van der Waals surface area contributed by atoms with Gasteiger partial charge in [-0.25, -0.2) is 0 Å². The topological polar surface area (TPSA) is 49.4 Å². The Morgan fingerprint density at radius 2 is 1.56 bits per heavy atom. The summed E-state index contributed by atoms with van der Waals surface area (Å²) in [7, 11) is 0. The van der Waals surface area contributed by atoms with Gasteiger partial charge >= 0.3 is 0 Å². The summed E-state index contributed by atoms with van der Waals surface area (Å²) >= 11 is 0. The number of likely N-dealkylation sites (tertiary alicyclic amines) is 1. The molecule has 2 aromatic carbocycles. The highest BCUT2D eigenvalue weighted by atomic mass is 16.2. The highest BCUT2D eigenvalue weighted by Gasteiger charge is 2.21. The van der Waals surface area contributed by atoms with Gasteiger partial charge < -0.3 is 10.2 Å². The van der Waals surface area contributed by atoms with Crippen molar-refractivity contribution in [2.45, 2.75) is 45.4 Å². The van der Waals surface area contributed by atoms with E-state index in [1.807, 2.05) is 29.2 Å². The molecule has 4 heteroatoms. The van der Waals surface area contributed by atoms with E-state index in [0.717, 1.165) is 37.2 Å². The van der Waals surface area contributed by atoms with Crippen LogP contribution in [0.25, 0.3) is 0 Å². The van der Waals surface area contributed by atoms with E-state index in [1.165, 1.54) is 6.42 Å². The fourth-order valence-corrected chi connectivity index (χ4v) is 3.51. The maximum absolute atomic E-state index is 12.8. The van der Waals surface area contributed by atoms with E-state index in [0.29, 0.717) is 11.1 Å². The standard InChI is InChI=1S/C23H28N2O2/c1-23(2,3)19-12-5-6-13-20(19)24-21(26)17-10-9-11-18(16-17)22(27)25-14-7-4-8-15-25/h5-6,9-13,16H,4,7-8,14-15H2,1-3H3,(H,24,26). The van der Waals surface area contributed by atoms with Gasteiger partial charge in [-0.15, -0.1) is 0 Å². The predicted molar refractivity (Wildman–Crippen MR) is 109 cm³/mol. The Balaban J connectivity index is 1.79. The number of hydrogen-bond donors (Lipinski definition) is 1. The Morgan fingerprint density at radius 1 is 0.889 bits per heavy atom. The number of rotatable bonds is 3. The smallest absolute Gasteiger partial charge is 0.255 e. The summed E-state index contributed by atoms with van der Waals surface area (Å²) in [5, 5.41) is 3.02. The van der Waals surface area contributed by atoms with E-state index in [1.54, 1.807) is 24.3 Å². The van der Waals surface area contributed by atoms with Crippen molar-refractivity contribution in [3.8, 4) is 0 Å². The van der Waals surface area contributed by atoms with Crippen LogP contribution in [0.3, 0.4) is 0 Å². The first-order valence-electron chi connectivity index (χ1n) is 9.66. The largest absolute Gasteiger partial charge is 0.339 e. The van der Waals surface area contributed by atoms with Crippen LogP contribution in [0.1, 0.15) is 66.3 Å². The second-order valence-electron chi connectivity index (χ2n) is 8.18. The number of carbonyl (C=O) groups excluding carboxylic acids is 2. The molecule has 0 bridgehead atoms. The highest BCUT2D eigenvalue weighted by molar-refractivity contribution is 6.06. The van der Waals surface area contributed by atoms with E-state index >= 15 is 0 Å². The molecule has 27 heavy (non-hydrogen) atoms. The molecule has 0 aliphatic carbocycles. The molecule has 1 saturated heterocycles. The number of amides is 2. The van der Waals surface area contributed by atoms with Crippen LogP contribution in [-0.2, 0) is 5.41 Å². The van der Waals surface area contributed by atoms with E-state index in [9.17, 15) is 9.59 Å². The first-order chi connectivity index (χ1) is 12.9. The average molecular weight is 364 g/mol. The molecular formula is C23H28N2O2. The molecule has 2 amide bonds. The minimum Gasteiger partial charge on any atom is -0.339 e. The molecular weight excluding hydrogens is 336 g/mol. The number of benzene rings is 2. The second-order valence-corrected chi connectivity index (χ2v) is 8.18. The molecule has 3 rings (SSSR count). The molecule has 1 aliphatic heterocycles. The molecule has 1 aliphatic rings. The third-order valence-electron chi connectivity index (χ3n) is 5.00. The van der Waals surface area contributed by atoms with Gasteiger partial charge in [0.2, 0.25) is 0 Å². The molecule has 4 nitrogen and oxygen atoms in total. The zero-order valence-electron chi connectivity index (χ0n) is 16.4. The number of para-hydroxylation sites is 1. The van der Waals surface area contributed by atoms with Gasteiger partial charge in [-0.2, -0.15) is 0 Å². The van der Waals surface area contributed by atoms with Gasteiger partial charge in [-0.3, -0.25) is 9.59 Å². The van der Waals surface area contributed by atoms with Crippen molar-refractivity contribution < 1.29 is 9.59 Å².